The zero-order chi connectivity index (χ0) is 17.4. The first kappa shape index (κ1) is 16.4. The minimum absolute atomic E-state index is 0.114. The molecule has 0 atom stereocenters. The van der Waals surface area contributed by atoms with Gasteiger partial charge in [0.15, 0.2) is 5.75 Å². The first-order valence-corrected chi connectivity index (χ1v) is 10.5. The lowest BCUT2D eigenvalue weighted by atomic mass is 10.2. The topological polar surface area (TPSA) is 75.7 Å². The SMILES string of the molecule is O=C1Nc2ccccc2Oc2ccc(S(=O)(=O)N3CCSCC3)cc21. The monoisotopic (exact) mass is 376 g/mol. The van der Waals surface area contributed by atoms with Gasteiger partial charge in [-0.05, 0) is 30.3 Å². The summed E-state index contributed by atoms with van der Waals surface area (Å²) in [6, 6.07) is 11.5. The Bertz CT molecular complexity index is 937. The van der Waals surface area contributed by atoms with Crippen LogP contribution in [0, 0.1) is 0 Å². The van der Waals surface area contributed by atoms with E-state index in [1.54, 1.807) is 36.0 Å². The van der Waals surface area contributed by atoms with E-state index in [1.165, 1.54) is 16.4 Å². The molecule has 0 bridgehead atoms. The van der Waals surface area contributed by atoms with E-state index in [0.29, 0.717) is 30.3 Å². The molecule has 0 unspecified atom stereocenters. The summed E-state index contributed by atoms with van der Waals surface area (Å²) in [4.78, 5) is 12.6. The first-order valence-electron chi connectivity index (χ1n) is 7.86. The van der Waals surface area contributed by atoms with Gasteiger partial charge in [0.2, 0.25) is 10.0 Å². The second-order valence-corrected chi connectivity index (χ2v) is 8.89. The number of thioether (sulfide) groups is 1. The van der Waals surface area contributed by atoms with E-state index in [9.17, 15) is 13.2 Å². The maximum atomic E-state index is 12.8. The smallest absolute Gasteiger partial charge is 0.259 e. The number of nitrogens with one attached hydrogen (secondary N) is 1. The van der Waals surface area contributed by atoms with Crippen LogP contribution in [-0.2, 0) is 10.0 Å². The predicted octanol–water partition coefficient (Wildman–Crippen LogP) is 2.78. The fraction of sp³-hybridized carbons (Fsp3) is 0.235. The molecular formula is C17H16N2O4S2. The van der Waals surface area contributed by atoms with Crippen LogP contribution in [0.15, 0.2) is 47.4 Å². The fourth-order valence-corrected chi connectivity index (χ4v) is 5.44. The van der Waals surface area contributed by atoms with Gasteiger partial charge >= 0.3 is 0 Å². The van der Waals surface area contributed by atoms with E-state index in [0.717, 1.165) is 11.5 Å². The van der Waals surface area contributed by atoms with E-state index < -0.39 is 10.0 Å². The van der Waals surface area contributed by atoms with Crippen molar-refractivity contribution < 1.29 is 17.9 Å². The maximum Gasteiger partial charge on any atom is 0.259 e. The standard InChI is InChI=1S/C17H16N2O4S2/c20-17-13-11-12(25(21,22)19-7-9-24-10-8-19)5-6-15(13)23-16-4-2-1-3-14(16)18-17/h1-6,11H,7-10H2,(H,18,20). The number of carbonyl (C=O) groups excluding carboxylic acids is 1. The molecule has 0 radical (unpaired) electrons. The van der Waals surface area contributed by atoms with Gasteiger partial charge in [-0.3, -0.25) is 4.79 Å². The summed E-state index contributed by atoms with van der Waals surface area (Å²) >= 11 is 1.74. The normalized spacial score (nSPS) is 17.7. The Balaban J connectivity index is 1.73. The molecule has 6 nitrogen and oxygen atoms in total. The van der Waals surface area contributed by atoms with Crippen LogP contribution in [0.2, 0.25) is 0 Å². The predicted molar refractivity (Wildman–Crippen MR) is 97.0 cm³/mol. The number of anilines is 1. The van der Waals surface area contributed by atoms with Crippen LogP contribution in [0.25, 0.3) is 0 Å². The molecule has 2 aromatic rings. The number of nitrogens with zero attached hydrogens (tertiary/aromatic N) is 1. The summed E-state index contributed by atoms with van der Waals surface area (Å²) in [5.74, 6) is 2.05. The molecule has 1 saturated heterocycles. The van der Waals surface area contributed by atoms with Crippen molar-refractivity contribution in [3.05, 3.63) is 48.0 Å². The third kappa shape index (κ3) is 3.01. The zero-order valence-corrected chi connectivity index (χ0v) is 14.9. The summed E-state index contributed by atoms with van der Waals surface area (Å²) in [5, 5.41) is 2.76. The largest absolute Gasteiger partial charge is 0.454 e. The molecule has 0 aliphatic carbocycles. The first-order chi connectivity index (χ1) is 12.1. The Morgan fingerprint density at radius 2 is 1.80 bits per heavy atom. The number of para-hydroxylation sites is 2. The molecule has 1 fully saturated rings. The van der Waals surface area contributed by atoms with Gasteiger partial charge in [-0.2, -0.15) is 16.1 Å². The van der Waals surface area contributed by atoms with Crippen molar-refractivity contribution in [2.24, 2.45) is 0 Å². The average molecular weight is 376 g/mol. The Kier molecular flexibility index (Phi) is 4.18. The lowest BCUT2D eigenvalue weighted by molar-refractivity contribution is 0.102. The van der Waals surface area contributed by atoms with Gasteiger partial charge in [0.05, 0.1) is 16.1 Å². The van der Waals surface area contributed by atoms with Gasteiger partial charge in [0.25, 0.3) is 5.91 Å². The summed E-state index contributed by atoms with van der Waals surface area (Å²) in [6.07, 6.45) is 0. The summed E-state index contributed by atoms with van der Waals surface area (Å²) in [5.41, 5.74) is 0.768. The number of benzene rings is 2. The van der Waals surface area contributed by atoms with Gasteiger partial charge in [-0.25, -0.2) is 8.42 Å². The van der Waals surface area contributed by atoms with Gasteiger partial charge in [-0.15, -0.1) is 0 Å². The number of hydrogen-bond donors (Lipinski definition) is 1. The molecule has 0 saturated carbocycles. The van der Waals surface area contributed by atoms with E-state index >= 15 is 0 Å². The molecule has 2 aromatic carbocycles. The zero-order valence-electron chi connectivity index (χ0n) is 13.3. The lowest BCUT2D eigenvalue weighted by Crippen LogP contribution is -2.37. The Hall–Kier alpha value is -2.03. The number of ether oxygens (including phenoxy) is 1. The molecule has 130 valence electrons. The van der Waals surface area contributed by atoms with E-state index in [1.807, 2.05) is 6.07 Å². The number of fused-ring (bicyclic) bond motifs is 2. The molecule has 8 heteroatoms. The highest BCUT2D eigenvalue weighted by Crippen LogP contribution is 2.36. The van der Waals surface area contributed by atoms with Crippen LogP contribution in [0.1, 0.15) is 10.4 Å². The molecule has 1 amide bonds. The third-order valence-electron chi connectivity index (χ3n) is 4.16. The molecule has 2 heterocycles. The van der Waals surface area contributed by atoms with Crippen molar-refractivity contribution in [2.75, 3.05) is 29.9 Å². The van der Waals surface area contributed by atoms with Crippen LogP contribution in [0.5, 0.6) is 11.5 Å². The van der Waals surface area contributed by atoms with Crippen LogP contribution in [0.3, 0.4) is 0 Å². The molecule has 0 aromatic heterocycles. The van der Waals surface area contributed by atoms with Gasteiger partial charge in [0.1, 0.15) is 5.75 Å². The van der Waals surface area contributed by atoms with Crippen LogP contribution < -0.4 is 10.1 Å². The highest BCUT2D eigenvalue weighted by Gasteiger charge is 2.29. The van der Waals surface area contributed by atoms with E-state index in [2.05, 4.69) is 5.32 Å². The molecule has 25 heavy (non-hydrogen) atoms. The van der Waals surface area contributed by atoms with Gasteiger partial charge < -0.3 is 10.1 Å². The fourth-order valence-electron chi connectivity index (χ4n) is 2.84. The highest BCUT2D eigenvalue weighted by molar-refractivity contribution is 7.99. The number of rotatable bonds is 2. The van der Waals surface area contributed by atoms with Crippen molar-refractivity contribution >= 4 is 33.4 Å². The summed E-state index contributed by atoms with van der Waals surface area (Å²) in [7, 11) is -3.61. The van der Waals surface area contributed by atoms with Crippen LogP contribution in [-0.4, -0.2) is 43.2 Å². The third-order valence-corrected chi connectivity index (χ3v) is 7.00. The second kappa shape index (κ2) is 6.36. The second-order valence-electron chi connectivity index (χ2n) is 5.73. The van der Waals surface area contributed by atoms with Crippen molar-refractivity contribution in [2.45, 2.75) is 4.90 Å². The summed E-state index contributed by atoms with van der Waals surface area (Å²) in [6.45, 7) is 0.969. The number of amides is 1. The highest BCUT2D eigenvalue weighted by atomic mass is 32.2. The van der Waals surface area contributed by atoms with Gasteiger partial charge in [0, 0.05) is 24.6 Å². The molecule has 0 spiro atoms. The lowest BCUT2D eigenvalue weighted by Gasteiger charge is -2.25. The maximum absolute atomic E-state index is 12.8. The van der Waals surface area contributed by atoms with Crippen molar-refractivity contribution in [1.29, 1.82) is 0 Å². The van der Waals surface area contributed by atoms with E-state index in [-0.39, 0.29) is 16.4 Å². The molecule has 4 rings (SSSR count). The van der Waals surface area contributed by atoms with Gasteiger partial charge in [-0.1, -0.05) is 12.1 Å². The van der Waals surface area contributed by atoms with Crippen molar-refractivity contribution in [3.8, 4) is 11.5 Å². The molecule has 2 aliphatic heterocycles. The summed E-state index contributed by atoms with van der Waals surface area (Å²) < 4.78 is 32.9. The number of carbonyl (C=O) groups is 1. The van der Waals surface area contributed by atoms with E-state index in [4.69, 9.17) is 4.74 Å². The van der Waals surface area contributed by atoms with Crippen LogP contribution >= 0.6 is 11.8 Å². The van der Waals surface area contributed by atoms with Crippen molar-refractivity contribution in [3.63, 3.8) is 0 Å². The number of hydrogen-bond acceptors (Lipinski definition) is 5. The average Bonchev–Trinajstić information content (AvgIpc) is 2.78. The van der Waals surface area contributed by atoms with Crippen LogP contribution in [0.4, 0.5) is 5.69 Å². The van der Waals surface area contributed by atoms with Crippen molar-refractivity contribution in [1.82, 2.24) is 4.31 Å². The Morgan fingerprint density at radius 1 is 1.04 bits per heavy atom. The molecular weight excluding hydrogens is 360 g/mol. The Labute approximate surface area is 150 Å². The minimum Gasteiger partial charge on any atom is -0.454 e. The Morgan fingerprint density at radius 3 is 2.60 bits per heavy atom. The number of sulfonamides is 1. The molecule has 1 N–H and O–H groups in total. The minimum atomic E-state index is -3.61. The quantitative estimate of drug-likeness (QED) is 0.872. The molecule has 2 aliphatic rings.